The average molecular weight is 252 g/mol. The van der Waals surface area contributed by atoms with Crippen molar-refractivity contribution in [2.45, 2.75) is 25.7 Å². The lowest BCUT2D eigenvalue weighted by atomic mass is 9.87. The van der Waals surface area contributed by atoms with Crippen LogP contribution in [0.3, 0.4) is 0 Å². The quantitative estimate of drug-likeness (QED) is 0.890. The van der Waals surface area contributed by atoms with Crippen molar-refractivity contribution in [3.05, 3.63) is 22.4 Å². The maximum Gasteiger partial charge on any atom is 0.223 e. The summed E-state index contributed by atoms with van der Waals surface area (Å²) in [6.45, 7) is 7.84. The van der Waals surface area contributed by atoms with Gasteiger partial charge in [0.15, 0.2) is 0 Å². The van der Waals surface area contributed by atoms with Gasteiger partial charge < -0.3 is 10.2 Å². The predicted molar refractivity (Wildman–Crippen MR) is 71.4 cm³/mol. The Hall–Kier alpha value is -0.870. The van der Waals surface area contributed by atoms with Crippen LogP contribution in [0.25, 0.3) is 0 Å². The zero-order chi connectivity index (χ0) is 12.3. The van der Waals surface area contributed by atoms with E-state index in [0.717, 1.165) is 26.2 Å². The van der Waals surface area contributed by atoms with Crippen LogP contribution in [0.15, 0.2) is 17.5 Å². The molecule has 0 aliphatic carbocycles. The van der Waals surface area contributed by atoms with Crippen LogP contribution in [0.1, 0.15) is 25.1 Å². The zero-order valence-corrected chi connectivity index (χ0v) is 11.3. The monoisotopic (exact) mass is 252 g/mol. The number of piperazine rings is 1. The van der Waals surface area contributed by atoms with E-state index in [4.69, 9.17) is 0 Å². The van der Waals surface area contributed by atoms with Gasteiger partial charge in [-0.1, -0.05) is 19.9 Å². The Balaban J connectivity index is 1.97. The van der Waals surface area contributed by atoms with Gasteiger partial charge in [0.05, 0.1) is 0 Å². The SMILES string of the molecule is CC(C)(CC(=O)N1CCNCC1)c1cccs1. The molecule has 1 aliphatic heterocycles. The standard InChI is InChI=1S/C13H20N2OS/c1-13(2,11-4-3-9-17-11)10-12(16)15-7-5-14-6-8-15/h3-4,9,14H,5-8,10H2,1-2H3. The Morgan fingerprint density at radius 3 is 2.76 bits per heavy atom. The lowest BCUT2D eigenvalue weighted by molar-refractivity contribution is -0.132. The van der Waals surface area contributed by atoms with Gasteiger partial charge in [-0.15, -0.1) is 11.3 Å². The minimum atomic E-state index is -0.0455. The summed E-state index contributed by atoms with van der Waals surface area (Å²) in [5, 5.41) is 5.34. The maximum atomic E-state index is 12.2. The largest absolute Gasteiger partial charge is 0.340 e. The number of carbonyl (C=O) groups excluding carboxylic acids is 1. The number of carbonyl (C=O) groups is 1. The first-order valence-electron chi connectivity index (χ1n) is 6.12. The molecule has 0 unspecified atom stereocenters. The molecule has 1 aromatic heterocycles. The number of amides is 1. The van der Waals surface area contributed by atoms with Crippen molar-refractivity contribution in [1.82, 2.24) is 10.2 Å². The molecule has 2 rings (SSSR count). The second-order valence-corrected chi connectivity index (χ2v) is 6.12. The number of hydrogen-bond donors (Lipinski definition) is 1. The van der Waals surface area contributed by atoms with Crippen molar-refractivity contribution in [1.29, 1.82) is 0 Å². The molecule has 0 aromatic carbocycles. The van der Waals surface area contributed by atoms with Crippen LogP contribution in [-0.4, -0.2) is 37.0 Å². The molecule has 17 heavy (non-hydrogen) atoms. The lowest BCUT2D eigenvalue weighted by Gasteiger charge is -2.31. The molecule has 1 saturated heterocycles. The van der Waals surface area contributed by atoms with E-state index >= 15 is 0 Å². The highest BCUT2D eigenvalue weighted by Crippen LogP contribution is 2.31. The minimum absolute atomic E-state index is 0.0455. The molecule has 3 nitrogen and oxygen atoms in total. The number of nitrogens with zero attached hydrogens (tertiary/aromatic N) is 1. The van der Waals surface area contributed by atoms with Crippen LogP contribution >= 0.6 is 11.3 Å². The number of hydrogen-bond acceptors (Lipinski definition) is 3. The maximum absolute atomic E-state index is 12.2. The summed E-state index contributed by atoms with van der Waals surface area (Å²) in [6.07, 6.45) is 0.605. The highest BCUT2D eigenvalue weighted by atomic mass is 32.1. The number of rotatable bonds is 3. The van der Waals surface area contributed by atoms with Crippen LogP contribution in [0.5, 0.6) is 0 Å². The molecule has 1 amide bonds. The van der Waals surface area contributed by atoms with Gasteiger partial charge in [-0.2, -0.15) is 0 Å². The Morgan fingerprint density at radius 1 is 1.47 bits per heavy atom. The molecule has 4 heteroatoms. The van der Waals surface area contributed by atoms with Crippen molar-refractivity contribution in [3.63, 3.8) is 0 Å². The normalized spacial score (nSPS) is 17.2. The molecule has 0 atom stereocenters. The Kier molecular flexibility index (Phi) is 3.84. The zero-order valence-electron chi connectivity index (χ0n) is 10.5. The van der Waals surface area contributed by atoms with E-state index in [9.17, 15) is 4.79 Å². The van der Waals surface area contributed by atoms with Gasteiger partial charge in [0.25, 0.3) is 0 Å². The first-order chi connectivity index (χ1) is 8.09. The van der Waals surface area contributed by atoms with E-state index in [0.29, 0.717) is 6.42 Å². The number of nitrogens with one attached hydrogen (secondary N) is 1. The Morgan fingerprint density at radius 2 is 2.18 bits per heavy atom. The highest BCUT2D eigenvalue weighted by molar-refractivity contribution is 7.10. The van der Waals surface area contributed by atoms with Crippen LogP contribution in [0.2, 0.25) is 0 Å². The van der Waals surface area contributed by atoms with Gasteiger partial charge in [-0.05, 0) is 11.4 Å². The van der Waals surface area contributed by atoms with E-state index in [-0.39, 0.29) is 11.3 Å². The molecule has 0 spiro atoms. The molecule has 1 aromatic rings. The smallest absolute Gasteiger partial charge is 0.223 e. The van der Waals surface area contributed by atoms with Crippen LogP contribution in [0.4, 0.5) is 0 Å². The van der Waals surface area contributed by atoms with Crippen molar-refractivity contribution >= 4 is 17.2 Å². The fourth-order valence-corrected chi connectivity index (χ4v) is 3.01. The van der Waals surface area contributed by atoms with Gasteiger partial charge in [-0.3, -0.25) is 4.79 Å². The second kappa shape index (κ2) is 5.19. The molecule has 2 heterocycles. The summed E-state index contributed by atoms with van der Waals surface area (Å²) in [5.41, 5.74) is -0.0455. The fourth-order valence-electron chi connectivity index (χ4n) is 2.15. The first kappa shape index (κ1) is 12.6. The van der Waals surface area contributed by atoms with Gasteiger partial charge in [0.1, 0.15) is 0 Å². The molecule has 0 bridgehead atoms. The molecule has 1 aliphatic rings. The number of thiophene rings is 1. The molecule has 0 radical (unpaired) electrons. The van der Waals surface area contributed by atoms with Crippen molar-refractivity contribution in [3.8, 4) is 0 Å². The van der Waals surface area contributed by atoms with Gasteiger partial charge in [0, 0.05) is 42.9 Å². The van der Waals surface area contributed by atoms with Crippen molar-refractivity contribution in [2.75, 3.05) is 26.2 Å². The van der Waals surface area contributed by atoms with Crippen LogP contribution in [-0.2, 0) is 10.2 Å². The van der Waals surface area contributed by atoms with Crippen molar-refractivity contribution < 1.29 is 4.79 Å². The summed E-state index contributed by atoms with van der Waals surface area (Å²) in [6, 6.07) is 4.17. The summed E-state index contributed by atoms with van der Waals surface area (Å²) in [4.78, 5) is 15.5. The Labute approximate surface area is 107 Å². The van der Waals surface area contributed by atoms with Gasteiger partial charge in [-0.25, -0.2) is 0 Å². The van der Waals surface area contributed by atoms with E-state index in [1.54, 1.807) is 11.3 Å². The fraction of sp³-hybridized carbons (Fsp3) is 0.615. The second-order valence-electron chi connectivity index (χ2n) is 5.17. The lowest BCUT2D eigenvalue weighted by Crippen LogP contribution is -2.47. The third kappa shape index (κ3) is 3.07. The average Bonchev–Trinajstić information content (AvgIpc) is 2.84. The van der Waals surface area contributed by atoms with E-state index in [1.165, 1.54) is 4.88 Å². The first-order valence-corrected chi connectivity index (χ1v) is 7.00. The molecule has 1 fully saturated rings. The summed E-state index contributed by atoms with van der Waals surface area (Å²) in [7, 11) is 0. The molecule has 1 N–H and O–H groups in total. The van der Waals surface area contributed by atoms with E-state index < -0.39 is 0 Å². The Bertz CT molecular complexity index is 367. The predicted octanol–water partition coefficient (Wildman–Crippen LogP) is 1.85. The minimum Gasteiger partial charge on any atom is -0.340 e. The van der Waals surface area contributed by atoms with E-state index in [2.05, 4.69) is 36.7 Å². The van der Waals surface area contributed by atoms with Gasteiger partial charge in [0.2, 0.25) is 5.91 Å². The molecule has 94 valence electrons. The molecular weight excluding hydrogens is 232 g/mol. The summed E-state index contributed by atoms with van der Waals surface area (Å²) >= 11 is 1.74. The topological polar surface area (TPSA) is 32.3 Å². The van der Waals surface area contributed by atoms with Crippen molar-refractivity contribution in [2.24, 2.45) is 0 Å². The van der Waals surface area contributed by atoms with Gasteiger partial charge >= 0.3 is 0 Å². The molecular formula is C13H20N2OS. The summed E-state index contributed by atoms with van der Waals surface area (Å²) < 4.78 is 0. The summed E-state index contributed by atoms with van der Waals surface area (Å²) in [5.74, 6) is 0.282. The van der Waals surface area contributed by atoms with Crippen LogP contribution in [0, 0.1) is 0 Å². The van der Waals surface area contributed by atoms with E-state index in [1.807, 2.05) is 4.90 Å². The third-order valence-electron chi connectivity index (χ3n) is 3.25. The van der Waals surface area contributed by atoms with Crippen LogP contribution < -0.4 is 5.32 Å². The highest BCUT2D eigenvalue weighted by Gasteiger charge is 2.28. The molecule has 0 saturated carbocycles. The third-order valence-corrected chi connectivity index (χ3v) is 4.49.